The lowest BCUT2D eigenvalue weighted by Gasteiger charge is -2.28. The van der Waals surface area contributed by atoms with E-state index in [4.69, 9.17) is 0 Å². The first-order valence-electron chi connectivity index (χ1n) is 8.41. The van der Waals surface area contributed by atoms with Crippen LogP contribution in [0.5, 0.6) is 0 Å². The van der Waals surface area contributed by atoms with Crippen LogP contribution >= 0.6 is 0 Å². The standard InChI is InChI=1S/C19H16F3N3OS/c20-17-9-16(10-18(21)19(17)22)25-12-14(11-23-25)13-1-3-15(4-2-13)24-5-7-27(26)8-6-24/h1-4,9-12H,5-8H2. The molecule has 0 radical (unpaired) electrons. The molecule has 0 spiro atoms. The average Bonchev–Trinajstić information content (AvgIpc) is 3.17. The predicted molar refractivity (Wildman–Crippen MR) is 99.0 cm³/mol. The van der Waals surface area contributed by atoms with E-state index in [-0.39, 0.29) is 5.69 Å². The summed E-state index contributed by atoms with van der Waals surface area (Å²) in [7, 11) is -0.719. The van der Waals surface area contributed by atoms with Crippen LogP contribution in [0.25, 0.3) is 16.8 Å². The number of rotatable bonds is 3. The van der Waals surface area contributed by atoms with Crippen LogP contribution in [0, 0.1) is 17.5 Å². The lowest BCUT2D eigenvalue weighted by molar-refractivity contribution is 0.446. The van der Waals surface area contributed by atoms with E-state index in [1.807, 2.05) is 24.3 Å². The first kappa shape index (κ1) is 17.8. The van der Waals surface area contributed by atoms with Crippen LogP contribution in [-0.2, 0) is 10.8 Å². The molecular formula is C19H16F3N3OS. The Bertz CT molecular complexity index is 971. The minimum absolute atomic E-state index is 0.107. The van der Waals surface area contributed by atoms with Gasteiger partial charge in [-0.2, -0.15) is 5.10 Å². The second kappa shape index (κ2) is 7.19. The molecule has 4 rings (SSSR count). The monoisotopic (exact) mass is 391 g/mol. The summed E-state index contributed by atoms with van der Waals surface area (Å²) < 4.78 is 52.7. The van der Waals surface area contributed by atoms with Gasteiger partial charge in [0.05, 0.1) is 11.9 Å². The molecule has 0 unspecified atom stereocenters. The van der Waals surface area contributed by atoms with Crippen LogP contribution < -0.4 is 4.90 Å². The molecule has 0 saturated carbocycles. The Morgan fingerprint density at radius 2 is 1.52 bits per heavy atom. The van der Waals surface area contributed by atoms with Crippen LogP contribution in [0.3, 0.4) is 0 Å². The van der Waals surface area contributed by atoms with Gasteiger partial charge >= 0.3 is 0 Å². The van der Waals surface area contributed by atoms with E-state index in [1.165, 1.54) is 4.68 Å². The summed E-state index contributed by atoms with van der Waals surface area (Å²) in [4.78, 5) is 2.19. The molecule has 1 aliphatic rings. The second-order valence-corrected chi connectivity index (χ2v) is 7.98. The van der Waals surface area contributed by atoms with Crippen molar-refractivity contribution < 1.29 is 17.4 Å². The number of hydrogen-bond acceptors (Lipinski definition) is 3. The molecule has 0 aliphatic carbocycles. The fourth-order valence-electron chi connectivity index (χ4n) is 3.05. The van der Waals surface area contributed by atoms with E-state index < -0.39 is 28.3 Å². The largest absolute Gasteiger partial charge is 0.370 e. The molecule has 2 aromatic carbocycles. The molecule has 1 aliphatic heterocycles. The van der Waals surface area contributed by atoms with Gasteiger partial charge in [0.1, 0.15) is 0 Å². The molecule has 0 N–H and O–H groups in total. The van der Waals surface area contributed by atoms with Crippen LogP contribution in [0.2, 0.25) is 0 Å². The fourth-order valence-corrected chi connectivity index (χ4v) is 4.10. The van der Waals surface area contributed by atoms with E-state index in [0.29, 0.717) is 11.5 Å². The number of halogens is 3. The molecule has 0 amide bonds. The predicted octanol–water partition coefficient (Wildman–Crippen LogP) is 3.53. The zero-order valence-electron chi connectivity index (χ0n) is 14.2. The molecule has 27 heavy (non-hydrogen) atoms. The fraction of sp³-hybridized carbons (Fsp3) is 0.211. The summed E-state index contributed by atoms with van der Waals surface area (Å²) >= 11 is 0. The quantitative estimate of drug-likeness (QED) is 0.641. The van der Waals surface area contributed by atoms with Crippen molar-refractivity contribution in [3.8, 4) is 16.8 Å². The minimum Gasteiger partial charge on any atom is -0.370 e. The molecule has 1 fully saturated rings. The number of aromatic nitrogens is 2. The van der Waals surface area contributed by atoms with Crippen molar-refractivity contribution in [1.29, 1.82) is 0 Å². The molecule has 1 saturated heterocycles. The maximum Gasteiger partial charge on any atom is 0.194 e. The summed E-state index contributed by atoms with van der Waals surface area (Å²) in [5.41, 5.74) is 2.83. The van der Waals surface area contributed by atoms with Crippen molar-refractivity contribution in [2.45, 2.75) is 0 Å². The van der Waals surface area contributed by atoms with Crippen LogP contribution in [0.15, 0.2) is 48.8 Å². The molecule has 0 atom stereocenters. The van der Waals surface area contributed by atoms with E-state index >= 15 is 0 Å². The SMILES string of the molecule is O=S1CCN(c2ccc(-c3cnn(-c4cc(F)c(F)c(F)c4)c3)cc2)CC1. The maximum absolute atomic E-state index is 13.4. The highest BCUT2D eigenvalue weighted by Gasteiger charge is 2.16. The summed E-state index contributed by atoms with van der Waals surface area (Å²) in [6.45, 7) is 1.54. The smallest absolute Gasteiger partial charge is 0.194 e. The number of hydrogen-bond donors (Lipinski definition) is 0. The Morgan fingerprint density at radius 3 is 2.15 bits per heavy atom. The zero-order valence-corrected chi connectivity index (χ0v) is 15.1. The Labute approximate surface area is 156 Å². The first-order chi connectivity index (χ1) is 13.0. The van der Waals surface area contributed by atoms with Gasteiger partial charge in [0.2, 0.25) is 0 Å². The second-order valence-electron chi connectivity index (χ2n) is 6.28. The van der Waals surface area contributed by atoms with Crippen molar-refractivity contribution >= 4 is 16.5 Å². The maximum atomic E-state index is 13.4. The zero-order chi connectivity index (χ0) is 19.0. The van der Waals surface area contributed by atoms with E-state index in [1.54, 1.807) is 12.4 Å². The average molecular weight is 391 g/mol. The van der Waals surface area contributed by atoms with Crippen molar-refractivity contribution in [1.82, 2.24) is 9.78 Å². The van der Waals surface area contributed by atoms with Crippen LogP contribution in [-0.4, -0.2) is 38.6 Å². The third-order valence-electron chi connectivity index (χ3n) is 4.56. The first-order valence-corrected chi connectivity index (χ1v) is 9.90. The van der Waals surface area contributed by atoms with Gasteiger partial charge in [-0.15, -0.1) is 0 Å². The topological polar surface area (TPSA) is 38.1 Å². The Morgan fingerprint density at radius 1 is 0.889 bits per heavy atom. The lowest BCUT2D eigenvalue weighted by Crippen LogP contribution is -2.37. The summed E-state index contributed by atoms with van der Waals surface area (Å²) in [5.74, 6) is -2.65. The minimum atomic E-state index is -1.50. The van der Waals surface area contributed by atoms with Crippen molar-refractivity contribution in [2.75, 3.05) is 29.5 Å². The van der Waals surface area contributed by atoms with Crippen LogP contribution in [0.4, 0.5) is 18.9 Å². The third-order valence-corrected chi connectivity index (χ3v) is 5.84. The van der Waals surface area contributed by atoms with E-state index in [2.05, 4.69) is 10.00 Å². The molecule has 0 bridgehead atoms. The molecule has 8 heteroatoms. The Hall–Kier alpha value is -2.61. The molecule has 2 heterocycles. The lowest BCUT2D eigenvalue weighted by atomic mass is 10.1. The van der Waals surface area contributed by atoms with Gasteiger partial charge in [0.25, 0.3) is 0 Å². The van der Waals surface area contributed by atoms with Gasteiger partial charge < -0.3 is 4.90 Å². The third kappa shape index (κ3) is 3.62. The highest BCUT2D eigenvalue weighted by atomic mass is 32.2. The summed E-state index contributed by atoms with van der Waals surface area (Å²) in [6.07, 6.45) is 3.21. The van der Waals surface area contributed by atoms with Gasteiger partial charge in [-0.1, -0.05) is 12.1 Å². The molecule has 3 aromatic rings. The van der Waals surface area contributed by atoms with Gasteiger partial charge in [0, 0.05) is 65.0 Å². The van der Waals surface area contributed by atoms with Gasteiger partial charge in [-0.3, -0.25) is 4.21 Å². The van der Waals surface area contributed by atoms with Crippen LogP contribution in [0.1, 0.15) is 0 Å². The number of nitrogens with zero attached hydrogens (tertiary/aromatic N) is 3. The van der Waals surface area contributed by atoms with Crippen molar-refractivity contribution in [3.63, 3.8) is 0 Å². The number of benzene rings is 2. The molecule has 4 nitrogen and oxygen atoms in total. The Kier molecular flexibility index (Phi) is 4.73. The van der Waals surface area contributed by atoms with Gasteiger partial charge in [-0.05, 0) is 17.7 Å². The summed E-state index contributed by atoms with van der Waals surface area (Å²) in [6, 6.07) is 9.65. The van der Waals surface area contributed by atoms with E-state index in [9.17, 15) is 17.4 Å². The van der Waals surface area contributed by atoms with Crippen molar-refractivity contribution in [3.05, 3.63) is 66.2 Å². The van der Waals surface area contributed by atoms with Crippen molar-refractivity contribution in [2.24, 2.45) is 0 Å². The highest BCUT2D eigenvalue weighted by molar-refractivity contribution is 7.85. The van der Waals surface area contributed by atoms with E-state index in [0.717, 1.165) is 42.0 Å². The summed E-state index contributed by atoms with van der Waals surface area (Å²) in [5, 5.41) is 4.11. The van der Waals surface area contributed by atoms with Gasteiger partial charge in [-0.25, -0.2) is 17.9 Å². The number of anilines is 1. The molecular weight excluding hydrogens is 375 g/mol. The normalized spacial score (nSPS) is 15.3. The molecule has 1 aromatic heterocycles. The highest BCUT2D eigenvalue weighted by Crippen LogP contribution is 2.25. The molecule has 140 valence electrons. The Balaban J connectivity index is 1.56. The van der Waals surface area contributed by atoms with Gasteiger partial charge in [0.15, 0.2) is 17.5 Å².